The van der Waals surface area contributed by atoms with Crippen LogP contribution in [0.1, 0.15) is 15.9 Å². The van der Waals surface area contributed by atoms with Crippen LogP contribution in [0.4, 0.5) is 15.2 Å². The van der Waals surface area contributed by atoms with Crippen molar-refractivity contribution in [3.8, 4) is 17.0 Å². The van der Waals surface area contributed by atoms with Gasteiger partial charge >= 0.3 is 0 Å². The topological polar surface area (TPSA) is 94.4 Å². The summed E-state index contributed by atoms with van der Waals surface area (Å²) in [6, 6.07) is 8.09. The summed E-state index contributed by atoms with van der Waals surface area (Å²) in [4.78, 5) is 27.0. The van der Waals surface area contributed by atoms with Gasteiger partial charge in [-0.3, -0.25) is 20.2 Å². The third-order valence-electron chi connectivity index (χ3n) is 3.83. The van der Waals surface area contributed by atoms with Gasteiger partial charge in [0.2, 0.25) is 0 Å². The molecule has 7 nitrogen and oxygen atoms in total. The largest absolute Gasteiger partial charge is 0.496 e. The summed E-state index contributed by atoms with van der Waals surface area (Å²) in [7, 11) is 1.48. The maximum absolute atomic E-state index is 13.5. The number of aromatic nitrogens is 1. The van der Waals surface area contributed by atoms with Gasteiger partial charge in [0.15, 0.2) is 5.13 Å². The highest BCUT2D eigenvalue weighted by atomic mass is 32.1. The number of non-ortho nitro benzene ring substituents is 1. The van der Waals surface area contributed by atoms with Gasteiger partial charge in [-0.15, -0.1) is 11.3 Å². The number of nitrogens with zero attached hydrogens (tertiary/aromatic N) is 2. The quantitative estimate of drug-likeness (QED) is 0.516. The van der Waals surface area contributed by atoms with Crippen molar-refractivity contribution >= 4 is 28.1 Å². The second kappa shape index (κ2) is 7.50. The third kappa shape index (κ3) is 3.93. The number of benzene rings is 2. The van der Waals surface area contributed by atoms with Gasteiger partial charge in [0.05, 0.1) is 17.7 Å². The van der Waals surface area contributed by atoms with Crippen LogP contribution >= 0.6 is 11.3 Å². The number of carbonyl (C=O) groups excluding carboxylic acids is 1. The Morgan fingerprint density at radius 1 is 1.30 bits per heavy atom. The van der Waals surface area contributed by atoms with Crippen molar-refractivity contribution in [2.45, 2.75) is 6.92 Å². The van der Waals surface area contributed by atoms with Crippen molar-refractivity contribution in [1.29, 1.82) is 0 Å². The Morgan fingerprint density at radius 2 is 2.07 bits per heavy atom. The summed E-state index contributed by atoms with van der Waals surface area (Å²) in [6.07, 6.45) is 0. The molecule has 1 heterocycles. The number of thiazole rings is 1. The van der Waals surface area contributed by atoms with Gasteiger partial charge in [-0.2, -0.15) is 0 Å². The third-order valence-corrected chi connectivity index (χ3v) is 4.59. The van der Waals surface area contributed by atoms with Gasteiger partial charge < -0.3 is 4.74 Å². The molecular weight excluding hydrogens is 373 g/mol. The first-order valence-corrected chi connectivity index (χ1v) is 8.63. The molecule has 0 bridgehead atoms. The number of nitro benzene ring substituents is 1. The Balaban J connectivity index is 1.83. The van der Waals surface area contributed by atoms with Crippen LogP contribution < -0.4 is 10.1 Å². The molecule has 138 valence electrons. The summed E-state index contributed by atoms with van der Waals surface area (Å²) in [5.41, 5.74) is 1.64. The van der Waals surface area contributed by atoms with Crippen molar-refractivity contribution in [3.05, 3.63) is 68.8 Å². The van der Waals surface area contributed by atoms with Crippen LogP contribution in [0.15, 0.2) is 41.8 Å². The number of nitrogens with one attached hydrogen (secondary N) is 1. The summed E-state index contributed by atoms with van der Waals surface area (Å²) < 4.78 is 18.8. The molecule has 0 aliphatic rings. The highest BCUT2D eigenvalue weighted by molar-refractivity contribution is 7.14. The Kier molecular flexibility index (Phi) is 5.13. The second-order valence-corrected chi connectivity index (χ2v) is 6.45. The van der Waals surface area contributed by atoms with Crippen molar-refractivity contribution in [2.24, 2.45) is 0 Å². The molecule has 0 unspecified atom stereocenters. The molecule has 0 aliphatic carbocycles. The molecule has 27 heavy (non-hydrogen) atoms. The highest BCUT2D eigenvalue weighted by Gasteiger charge is 2.16. The predicted octanol–water partition coefficient (Wildman–Crippen LogP) is 4.43. The molecule has 0 saturated heterocycles. The highest BCUT2D eigenvalue weighted by Crippen LogP contribution is 2.33. The van der Waals surface area contributed by atoms with E-state index in [-0.39, 0.29) is 5.69 Å². The van der Waals surface area contributed by atoms with E-state index in [9.17, 15) is 19.3 Å². The van der Waals surface area contributed by atoms with Gasteiger partial charge in [-0.05, 0) is 36.8 Å². The van der Waals surface area contributed by atoms with Crippen LogP contribution in [-0.4, -0.2) is 22.9 Å². The number of aryl methyl sites for hydroxylation is 1. The molecule has 0 radical (unpaired) electrons. The van der Waals surface area contributed by atoms with Gasteiger partial charge in [-0.1, -0.05) is 0 Å². The van der Waals surface area contributed by atoms with Crippen LogP contribution in [0.2, 0.25) is 0 Å². The first-order valence-electron chi connectivity index (χ1n) is 7.75. The lowest BCUT2D eigenvalue weighted by atomic mass is 10.1. The molecule has 0 saturated carbocycles. The molecule has 0 aliphatic heterocycles. The van der Waals surface area contributed by atoms with E-state index in [1.807, 2.05) is 0 Å². The minimum absolute atomic E-state index is 0.0845. The van der Waals surface area contributed by atoms with Crippen LogP contribution in [0.25, 0.3) is 11.3 Å². The minimum Gasteiger partial charge on any atom is -0.496 e. The SMILES string of the molecule is COc1ccc(F)cc1-c1csc(NC(=O)c2ccc([N+](=O)[O-])cc2C)n1. The molecular formula is C18H14FN3O4S. The number of anilines is 1. The smallest absolute Gasteiger partial charge is 0.269 e. The summed E-state index contributed by atoms with van der Waals surface area (Å²) >= 11 is 1.18. The van der Waals surface area contributed by atoms with Crippen molar-refractivity contribution in [1.82, 2.24) is 4.98 Å². The number of methoxy groups -OCH3 is 1. The average Bonchev–Trinajstić information content (AvgIpc) is 3.09. The zero-order valence-corrected chi connectivity index (χ0v) is 15.2. The van der Waals surface area contributed by atoms with E-state index in [1.54, 1.807) is 12.3 Å². The van der Waals surface area contributed by atoms with Crippen molar-refractivity contribution < 1.29 is 18.8 Å². The van der Waals surface area contributed by atoms with Crippen molar-refractivity contribution in [2.75, 3.05) is 12.4 Å². The number of rotatable bonds is 5. The van der Waals surface area contributed by atoms with Gasteiger partial charge in [0, 0.05) is 28.6 Å². The average molecular weight is 387 g/mol. The Bertz CT molecular complexity index is 1040. The summed E-state index contributed by atoms with van der Waals surface area (Å²) in [5.74, 6) is -0.397. The predicted molar refractivity (Wildman–Crippen MR) is 99.8 cm³/mol. The molecule has 0 atom stereocenters. The van der Waals surface area contributed by atoms with Gasteiger partial charge in [0.25, 0.3) is 11.6 Å². The van der Waals surface area contributed by atoms with Gasteiger partial charge in [-0.25, -0.2) is 9.37 Å². The molecule has 9 heteroatoms. The fraction of sp³-hybridized carbons (Fsp3) is 0.111. The van der Waals surface area contributed by atoms with E-state index in [0.29, 0.717) is 33.3 Å². The number of ether oxygens (including phenoxy) is 1. The van der Waals surface area contributed by atoms with Crippen LogP contribution in [-0.2, 0) is 0 Å². The van der Waals surface area contributed by atoms with E-state index >= 15 is 0 Å². The molecule has 1 aromatic heterocycles. The monoisotopic (exact) mass is 387 g/mol. The molecule has 0 spiro atoms. The van der Waals surface area contributed by atoms with Crippen LogP contribution in [0.5, 0.6) is 5.75 Å². The molecule has 3 aromatic rings. The number of carbonyl (C=O) groups is 1. The second-order valence-electron chi connectivity index (χ2n) is 5.59. The number of halogens is 1. The zero-order valence-electron chi connectivity index (χ0n) is 14.4. The molecule has 1 amide bonds. The van der Waals surface area contributed by atoms with Gasteiger partial charge in [0.1, 0.15) is 11.6 Å². The lowest BCUT2D eigenvalue weighted by molar-refractivity contribution is -0.384. The van der Waals surface area contributed by atoms with Crippen molar-refractivity contribution in [3.63, 3.8) is 0 Å². The summed E-state index contributed by atoms with van der Waals surface area (Å²) in [6.45, 7) is 1.62. The maximum atomic E-state index is 13.5. The van der Waals surface area contributed by atoms with Crippen LogP contribution in [0.3, 0.4) is 0 Å². The van der Waals surface area contributed by atoms with Crippen LogP contribution in [0, 0.1) is 22.9 Å². The molecule has 3 rings (SSSR count). The normalized spacial score (nSPS) is 10.5. The Hall–Kier alpha value is -3.33. The van der Waals surface area contributed by atoms with E-state index in [0.717, 1.165) is 0 Å². The molecule has 2 aromatic carbocycles. The Labute approximate surface area is 157 Å². The number of amides is 1. The number of hydrogen-bond acceptors (Lipinski definition) is 6. The fourth-order valence-corrected chi connectivity index (χ4v) is 3.22. The fourth-order valence-electron chi connectivity index (χ4n) is 2.52. The van der Waals surface area contributed by atoms with E-state index in [4.69, 9.17) is 4.74 Å². The lowest BCUT2D eigenvalue weighted by Crippen LogP contribution is -2.13. The first kappa shape index (κ1) is 18.5. The lowest BCUT2D eigenvalue weighted by Gasteiger charge is -2.06. The van der Waals surface area contributed by atoms with E-state index in [1.165, 1.54) is 54.8 Å². The first-order chi connectivity index (χ1) is 12.9. The number of nitro groups is 1. The Morgan fingerprint density at radius 3 is 2.74 bits per heavy atom. The standard InChI is InChI=1S/C18H14FN3O4S/c1-10-7-12(22(24)25)4-5-13(10)17(23)21-18-20-15(9-27-18)14-8-11(19)3-6-16(14)26-2/h3-9H,1-2H3,(H,20,21,23). The maximum Gasteiger partial charge on any atom is 0.269 e. The zero-order chi connectivity index (χ0) is 19.6. The number of hydrogen-bond donors (Lipinski definition) is 1. The van der Waals surface area contributed by atoms with E-state index < -0.39 is 16.6 Å². The summed E-state index contributed by atoms with van der Waals surface area (Å²) in [5, 5.41) is 15.4. The molecule has 1 N–H and O–H groups in total. The van der Waals surface area contributed by atoms with E-state index in [2.05, 4.69) is 10.3 Å². The minimum atomic E-state index is -0.520. The molecule has 0 fully saturated rings.